The molecule has 1 fully saturated rings. The van der Waals surface area contributed by atoms with Crippen molar-refractivity contribution < 1.29 is 0 Å². The molecule has 0 heterocycles. The maximum atomic E-state index is 5.98. The van der Waals surface area contributed by atoms with Crippen molar-refractivity contribution >= 4 is 5.84 Å². The number of nitrogens with one attached hydrogen (secondary N) is 1. The van der Waals surface area contributed by atoms with E-state index in [2.05, 4.69) is 24.2 Å². The highest BCUT2D eigenvalue weighted by atomic mass is 15.0. The van der Waals surface area contributed by atoms with Crippen molar-refractivity contribution in [3.63, 3.8) is 0 Å². The lowest BCUT2D eigenvalue weighted by Gasteiger charge is -2.28. The fourth-order valence-electron chi connectivity index (χ4n) is 3.03. The van der Waals surface area contributed by atoms with Gasteiger partial charge in [0.2, 0.25) is 0 Å². The summed E-state index contributed by atoms with van der Waals surface area (Å²) in [6.07, 6.45) is 9.23. The lowest BCUT2D eigenvalue weighted by Crippen LogP contribution is -2.39. The minimum Gasteiger partial charge on any atom is -0.387 e. The van der Waals surface area contributed by atoms with Crippen LogP contribution in [0.1, 0.15) is 65.7 Å². The second-order valence-corrected chi connectivity index (χ2v) is 5.93. The summed E-state index contributed by atoms with van der Waals surface area (Å²) in [5.74, 6) is 1.70. The molecular weight excluding hydrogens is 222 g/mol. The molecule has 3 nitrogen and oxygen atoms in total. The highest BCUT2D eigenvalue weighted by Crippen LogP contribution is 2.28. The number of nitrogens with two attached hydrogens (primary N) is 1. The van der Waals surface area contributed by atoms with Gasteiger partial charge in [0, 0.05) is 25.0 Å². The molecule has 106 valence electrons. The first-order valence-electron chi connectivity index (χ1n) is 7.66. The van der Waals surface area contributed by atoms with Crippen molar-refractivity contribution in [2.45, 2.75) is 77.8 Å². The van der Waals surface area contributed by atoms with E-state index in [0.717, 1.165) is 24.7 Å². The smallest absolute Gasteiger partial charge is 0.0952 e. The minimum absolute atomic E-state index is 0.503. The summed E-state index contributed by atoms with van der Waals surface area (Å²) in [7, 11) is 0. The molecule has 1 aliphatic rings. The molecule has 0 saturated heterocycles. The van der Waals surface area contributed by atoms with Crippen molar-refractivity contribution in [1.29, 1.82) is 0 Å². The van der Waals surface area contributed by atoms with Gasteiger partial charge < -0.3 is 11.1 Å². The molecule has 1 rings (SSSR count). The van der Waals surface area contributed by atoms with Crippen molar-refractivity contribution in [2.24, 2.45) is 16.6 Å². The molecule has 0 radical (unpaired) electrons. The van der Waals surface area contributed by atoms with Gasteiger partial charge in [-0.2, -0.15) is 0 Å². The Balaban J connectivity index is 2.45. The van der Waals surface area contributed by atoms with Crippen LogP contribution in [0.15, 0.2) is 4.99 Å². The Morgan fingerprint density at radius 3 is 2.50 bits per heavy atom. The average molecular weight is 253 g/mol. The van der Waals surface area contributed by atoms with Gasteiger partial charge in [-0.25, -0.2) is 0 Å². The predicted molar refractivity (Wildman–Crippen MR) is 80.0 cm³/mol. The summed E-state index contributed by atoms with van der Waals surface area (Å²) in [5, 5.41) is 3.66. The summed E-state index contributed by atoms with van der Waals surface area (Å²) in [5.41, 5.74) is 5.98. The molecule has 3 N–H and O–H groups in total. The Hall–Kier alpha value is -0.570. The monoisotopic (exact) mass is 253 g/mol. The molecule has 1 unspecified atom stereocenters. The predicted octanol–water partition coefficient (Wildman–Crippen LogP) is 3.09. The third-order valence-corrected chi connectivity index (χ3v) is 3.73. The Kier molecular flexibility index (Phi) is 7.33. The molecule has 18 heavy (non-hydrogen) atoms. The van der Waals surface area contributed by atoms with E-state index in [1.54, 1.807) is 0 Å². The largest absolute Gasteiger partial charge is 0.387 e. The first kappa shape index (κ1) is 15.5. The van der Waals surface area contributed by atoms with Crippen molar-refractivity contribution in [3.8, 4) is 0 Å². The molecule has 0 spiro atoms. The Labute approximate surface area is 113 Å². The summed E-state index contributed by atoms with van der Waals surface area (Å²) >= 11 is 0. The van der Waals surface area contributed by atoms with E-state index >= 15 is 0 Å². The first-order chi connectivity index (χ1) is 8.61. The molecule has 0 aliphatic heterocycles. The van der Waals surface area contributed by atoms with Gasteiger partial charge in [-0.15, -0.1) is 0 Å². The van der Waals surface area contributed by atoms with Gasteiger partial charge in [0.05, 0.1) is 5.84 Å². The summed E-state index contributed by atoms with van der Waals surface area (Å²) in [4.78, 5) is 4.32. The van der Waals surface area contributed by atoms with Gasteiger partial charge in [0.1, 0.15) is 0 Å². The molecule has 1 saturated carbocycles. The van der Waals surface area contributed by atoms with E-state index in [0.29, 0.717) is 12.1 Å². The summed E-state index contributed by atoms with van der Waals surface area (Å²) in [6.45, 7) is 7.25. The van der Waals surface area contributed by atoms with Gasteiger partial charge >= 0.3 is 0 Å². The van der Waals surface area contributed by atoms with Crippen molar-refractivity contribution in [2.75, 3.05) is 6.54 Å². The molecule has 3 heteroatoms. The molecule has 1 atom stereocenters. The normalized spacial score (nSPS) is 20.3. The molecule has 0 aromatic rings. The van der Waals surface area contributed by atoms with Crippen LogP contribution in [0.25, 0.3) is 0 Å². The van der Waals surface area contributed by atoms with Gasteiger partial charge in [-0.3, -0.25) is 4.99 Å². The van der Waals surface area contributed by atoms with Crippen LogP contribution in [0.5, 0.6) is 0 Å². The number of nitrogens with zero attached hydrogens (tertiary/aromatic N) is 1. The average Bonchev–Trinajstić information content (AvgIpc) is 2.29. The van der Waals surface area contributed by atoms with Crippen LogP contribution >= 0.6 is 0 Å². The van der Waals surface area contributed by atoms with Crippen LogP contribution in [0.3, 0.4) is 0 Å². The zero-order valence-electron chi connectivity index (χ0n) is 12.4. The van der Waals surface area contributed by atoms with Crippen LogP contribution in [0.4, 0.5) is 0 Å². The van der Waals surface area contributed by atoms with Gasteiger partial charge in [-0.1, -0.05) is 46.0 Å². The number of aliphatic imine (C=N–C) groups is 1. The van der Waals surface area contributed by atoms with Gasteiger partial charge in [-0.05, 0) is 19.3 Å². The molecular formula is C15H31N3. The fourth-order valence-corrected chi connectivity index (χ4v) is 3.03. The Morgan fingerprint density at radius 2 is 1.94 bits per heavy atom. The summed E-state index contributed by atoms with van der Waals surface area (Å²) in [6, 6.07) is 1.02. The topological polar surface area (TPSA) is 50.4 Å². The fraction of sp³-hybridized carbons (Fsp3) is 0.933. The van der Waals surface area contributed by atoms with E-state index in [9.17, 15) is 0 Å². The maximum Gasteiger partial charge on any atom is 0.0952 e. The molecule has 0 aromatic heterocycles. The first-order valence-corrected chi connectivity index (χ1v) is 7.66. The third-order valence-electron chi connectivity index (χ3n) is 3.73. The Morgan fingerprint density at radius 1 is 1.28 bits per heavy atom. The Bertz CT molecular complexity index is 242. The van der Waals surface area contributed by atoms with E-state index in [1.807, 2.05) is 6.92 Å². The highest BCUT2D eigenvalue weighted by molar-refractivity contribution is 5.80. The second-order valence-electron chi connectivity index (χ2n) is 5.93. The van der Waals surface area contributed by atoms with Crippen LogP contribution in [0, 0.1) is 5.92 Å². The second kappa shape index (κ2) is 8.52. The summed E-state index contributed by atoms with van der Waals surface area (Å²) < 4.78 is 0. The number of hydrogen-bond donors (Lipinski definition) is 2. The van der Waals surface area contributed by atoms with E-state index in [-0.39, 0.29) is 0 Å². The lowest BCUT2D eigenvalue weighted by molar-refractivity contribution is 0.292. The molecule has 1 aliphatic carbocycles. The van der Waals surface area contributed by atoms with Crippen LogP contribution < -0.4 is 11.1 Å². The highest BCUT2D eigenvalue weighted by Gasteiger charge is 2.20. The van der Waals surface area contributed by atoms with Gasteiger partial charge in [0.15, 0.2) is 0 Å². The van der Waals surface area contributed by atoms with Crippen LogP contribution in [-0.2, 0) is 0 Å². The van der Waals surface area contributed by atoms with Crippen molar-refractivity contribution in [1.82, 2.24) is 5.32 Å². The minimum atomic E-state index is 0.503. The number of amidine groups is 1. The lowest BCUT2D eigenvalue weighted by atomic mass is 9.84. The van der Waals surface area contributed by atoms with E-state index in [1.165, 1.54) is 38.5 Å². The quantitative estimate of drug-likeness (QED) is 0.541. The van der Waals surface area contributed by atoms with E-state index in [4.69, 9.17) is 5.73 Å². The van der Waals surface area contributed by atoms with Crippen molar-refractivity contribution in [3.05, 3.63) is 0 Å². The zero-order chi connectivity index (χ0) is 13.4. The standard InChI is InChI=1S/C15H31N3/c1-4-17-15(16)11-14(18-12(2)3)10-13-8-6-5-7-9-13/h12-14,18H,4-11H2,1-3H3,(H2,16,17). The van der Waals surface area contributed by atoms with Gasteiger partial charge in [0.25, 0.3) is 0 Å². The maximum absolute atomic E-state index is 5.98. The van der Waals surface area contributed by atoms with Crippen LogP contribution in [-0.4, -0.2) is 24.5 Å². The van der Waals surface area contributed by atoms with E-state index < -0.39 is 0 Å². The van der Waals surface area contributed by atoms with Crippen LogP contribution in [0.2, 0.25) is 0 Å². The molecule has 0 aromatic carbocycles. The third kappa shape index (κ3) is 6.39. The molecule has 0 amide bonds. The SMILES string of the molecule is CCN=C(N)CC(CC1CCCCC1)NC(C)C. The number of hydrogen-bond acceptors (Lipinski definition) is 2. The number of rotatable bonds is 7. The molecule has 0 bridgehead atoms. The zero-order valence-corrected chi connectivity index (χ0v) is 12.4.